The van der Waals surface area contributed by atoms with Crippen molar-refractivity contribution in [2.45, 2.75) is 19.0 Å². The first-order valence-electron chi connectivity index (χ1n) is 10.9. The number of nitrogens with zero attached hydrogens (tertiary/aromatic N) is 3. The lowest BCUT2D eigenvalue weighted by Crippen LogP contribution is -2.54. The summed E-state index contributed by atoms with van der Waals surface area (Å²) in [6.07, 6.45) is 3.49. The maximum absolute atomic E-state index is 11.2. The molecule has 32 heavy (non-hydrogen) atoms. The molecule has 5 heteroatoms. The van der Waals surface area contributed by atoms with Crippen LogP contribution in [0.3, 0.4) is 0 Å². The first-order valence-corrected chi connectivity index (χ1v) is 10.9. The Kier molecular flexibility index (Phi) is 6.96. The number of aliphatic carboxylic acids is 1. The van der Waals surface area contributed by atoms with E-state index in [0.717, 1.165) is 30.8 Å². The van der Waals surface area contributed by atoms with E-state index < -0.39 is 5.97 Å². The average Bonchev–Trinajstić information content (AvgIpc) is 2.81. The van der Waals surface area contributed by atoms with Crippen LogP contribution in [0.5, 0.6) is 0 Å². The molecule has 1 N–H and O–H groups in total. The summed E-state index contributed by atoms with van der Waals surface area (Å²) in [5.41, 5.74) is 4.33. The van der Waals surface area contributed by atoms with Crippen molar-refractivity contribution in [2.24, 2.45) is 0 Å². The molecule has 1 aromatic heterocycles. The van der Waals surface area contributed by atoms with E-state index in [1.54, 1.807) is 12.4 Å². The summed E-state index contributed by atoms with van der Waals surface area (Å²) in [5, 5.41) is 9.21. The van der Waals surface area contributed by atoms with Crippen LogP contribution >= 0.6 is 0 Å². The highest BCUT2D eigenvalue weighted by Gasteiger charge is 2.31. The largest absolute Gasteiger partial charge is 0.480 e. The zero-order chi connectivity index (χ0) is 22.3. The average molecular weight is 426 g/mol. The van der Waals surface area contributed by atoms with Gasteiger partial charge in [0, 0.05) is 49.2 Å². The number of pyridine rings is 1. The summed E-state index contributed by atoms with van der Waals surface area (Å²) in [4.78, 5) is 19.7. The lowest BCUT2D eigenvalue weighted by molar-refractivity contribution is -0.139. The molecule has 0 saturated carbocycles. The Balaban J connectivity index is 1.62. The van der Waals surface area contributed by atoms with Gasteiger partial charge in [0.05, 0.1) is 12.6 Å². The van der Waals surface area contributed by atoms with Crippen LogP contribution in [0.25, 0.3) is 0 Å². The Morgan fingerprint density at radius 3 is 2.44 bits per heavy atom. The van der Waals surface area contributed by atoms with E-state index >= 15 is 0 Å². The highest BCUT2D eigenvalue weighted by atomic mass is 16.4. The molecule has 2 atom stereocenters. The highest BCUT2D eigenvalue weighted by Crippen LogP contribution is 2.31. The Hall–Kier alpha value is -3.46. The van der Waals surface area contributed by atoms with E-state index in [1.807, 2.05) is 29.2 Å². The van der Waals surface area contributed by atoms with Crippen molar-refractivity contribution in [3.05, 3.63) is 101 Å². The van der Waals surface area contributed by atoms with Crippen molar-refractivity contribution < 1.29 is 9.90 Å². The number of carbonyl (C=O) groups is 1. The van der Waals surface area contributed by atoms with Crippen LogP contribution in [0.15, 0.2) is 79.1 Å². The van der Waals surface area contributed by atoms with E-state index in [9.17, 15) is 9.90 Å². The Morgan fingerprint density at radius 2 is 1.72 bits per heavy atom. The number of rotatable bonds is 5. The molecule has 3 aromatic rings. The molecule has 2 aromatic carbocycles. The predicted octanol–water partition coefficient (Wildman–Crippen LogP) is 3.66. The standard InChI is InChI=1S/C27H27N3O2/c1-21-19-30(17-16-29(21)20-26(31)32)27(24-7-3-2-4-8-24)25-9-5-6-23(18-25)11-10-22-12-14-28-15-13-22/h2-9,12-15,18,21,27H,16-17,19-20H2,1H3,(H,31,32)/t21-,27?/m1/s1. The number of carboxylic acids is 1. The third kappa shape index (κ3) is 5.42. The van der Waals surface area contributed by atoms with Gasteiger partial charge in [0.1, 0.15) is 0 Å². The molecule has 2 heterocycles. The maximum atomic E-state index is 11.2. The monoisotopic (exact) mass is 425 g/mol. The molecule has 1 aliphatic heterocycles. The van der Waals surface area contributed by atoms with Gasteiger partial charge in [-0.2, -0.15) is 0 Å². The molecule has 0 aliphatic carbocycles. The smallest absolute Gasteiger partial charge is 0.317 e. The minimum atomic E-state index is -0.773. The number of piperazine rings is 1. The fourth-order valence-electron chi connectivity index (χ4n) is 4.28. The molecule has 1 saturated heterocycles. The molecule has 0 radical (unpaired) electrons. The van der Waals surface area contributed by atoms with Gasteiger partial charge in [0.25, 0.3) is 0 Å². The number of hydrogen-bond donors (Lipinski definition) is 1. The number of aromatic nitrogens is 1. The molecule has 4 rings (SSSR count). The van der Waals surface area contributed by atoms with Gasteiger partial charge in [-0.1, -0.05) is 54.3 Å². The minimum absolute atomic E-state index is 0.0884. The zero-order valence-electron chi connectivity index (χ0n) is 18.2. The summed E-state index contributed by atoms with van der Waals surface area (Å²) in [6, 6.07) is 23.0. The zero-order valence-corrected chi connectivity index (χ0v) is 18.2. The summed E-state index contributed by atoms with van der Waals surface area (Å²) in [6.45, 7) is 4.54. The van der Waals surface area contributed by atoms with Gasteiger partial charge in [0.15, 0.2) is 0 Å². The molecule has 1 unspecified atom stereocenters. The number of benzene rings is 2. The van der Waals surface area contributed by atoms with E-state index in [4.69, 9.17) is 0 Å². The molecule has 0 amide bonds. The van der Waals surface area contributed by atoms with Gasteiger partial charge in [0.2, 0.25) is 0 Å². The highest BCUT2D eigenvalue weighted by molar-refractivity contribution is 5.69. The third-order valence-electron chi connectivity index (χ3n) is 5.85. The van der Waals surface area contributed by atoms with Crippen molar-refractivity contribution in [1.29, 1.82) is 0 Å². The molecule has 1 aliphatic rings. The van der Waals surface area contributed by atoms with Gasteiger partial charge in [-0.25, -0.2) is 0 Å². The number of hydrogen-bond acceptors (Lipinski definition) is 4. The van der Waals surface area contributed by atoms with Crippen LogP contribution in [0.2, 0.25) is 0 Å². The van der Waals surface area contributed by atoms with Crippen LogP contribution < -0.4 is 0 Å². The Morgan fingerprint density at radius 1 is 1.00 bits per heavy atom. The third-order valence-corrected chi connectivity index (χ3v) is 5.85. The molecule has 1 fully saturated rings. The van der Waals surface area contributed by atoms with E-state index in [-0.39, 0.29) is 18.6 Å². The second-order valence-electron chi connectivity index (χ2n) is 8.13. The first kappa shape index (κ1) is 21.8. The van der Waals surface area contributed by atoms with Crippen molar-refractivity contribution in [3.63, 3.8) is 0 Å². The van der Waals surface area contributed by atoms with Crippen LogP contribution in [-0.2, 0) is 4.79 Å². The van der Waals surface area contributed by atoms with Crippen LogP contribution in [0.4, 0.5) is 0 Å². The van der Waals surface area contributed by atoms with Gasteiger partial charge < -0.3 is 5.11 Å². The molecule has 0 bridgehead atoms. The van der Waals surface area contributed by atoms with Gasteiger partial charge >= 0.3 is 5.97 Å². The SMILES string of the molecule is C[C@@H]1CN(C(c2ccccc2)c2cccc(C#Cc3ccncc3)c2)CCN1CC(=O)O. The summed E-state index contributed by atoms with van der Waals surface area (Å²) >= 11 is 0. The summed E-state index contributed by atoms with van der Waals surface area (Å²) in [5.74, 6) is 5.72. The van der Waals surface area contributed by atoms with Crippen molar-refractivity contribution >= 4 is 5.97 Å². The lowest BCUT2D eigenvalue weighted by atomic mass is 9.94. The quantitative estimate of drug-likeness (QED) is 0.633. The maximum Gasteiger partial charge on any atom is 0.317 e. The summed E-state index contributed by atoms with van der Waals surface area (Å²) < 4.78 is 0. The van der Waals surface area contributed by atoms with Gasteiger partial charge in [-0.3, -0.25) is 19.6 Å². The van der Waals surface area contributed by atoms with E-state index in [1.165, 1.54) is 11.1 Å². The van der Waals surface area contributed by atoms with Crippen LogP contribution in [0, 0.1) is 11.8 Å². The minimum Gasteiger partial charge on any atom is -0.480 e. The van der Waals surface area contributed by atoms with Crippen molar-refractivity contribution in [1.82, 2.24) is 14.8 Å². The molecule has 162 valence electrons. The van der Waals surface area contributed by atoms with E-state index in [2.05, 4.69) is 71.1 Å². The van der Waals surface area contributed by atoms with Gasteiger partial charge in [-0.15, -0.1) is 0 Å². The lowest BCUT2D eigenvalue weighted by Gasteiger charge is -2.43. The molecule has 0 spiro atoms. The Bertz CT molecular complexity index is 1110. The fourth-order valence-corrected chi connectivity index (χ4v) is 4.28. The Labute approximate surface area is 189 Å². The first-order chi connectivity index (χ1) is 15.6. The normalized spacial score (nSPS) is 17.8. The second kappa shape index (κ2) is 10.2. The van der Waals surface area contributed by atoms with Gasteiger partial charge in [-0.05, 0) is 42.3 Å². The second-order valence-corrected chi connectivity index (χ2v) is 8.13. The predicted molar refractivity (Wildman–Crippen MR) is 125 cm³/mol. The van der Waals surface area contributed by atoms with Crippen molar-refractivity contribution in [3.8, 4) is 11.8 Å². The fraction of sp³-hybridized carbons (Fsp3) is 0.259. The van der Waals surface area contributed by atoms with Crippen LogP contribution in [0.1, 0.15) is 35.2 Å². The molecule has 5 nitrogen and oxygen atoms in total. The molecular formula is C27H27N3O2. The van der Waals surface area contributed by atoms with Crippen LogP contribution in [-0.4, -0.2) is 58.1 Å². The van der Waals surface area contributed by atoms with E-state index in [0.29, 0.717) is 0 Å². The topological polar surface area (TPSA) is 56.7 Å². The summed E-state index contributed by atoms with van der Waals surface area (Å²) in [7, 11) is 0. The van der Waals surface area contributed by atoms with Crippen molar-refractivity contribution in [2.75, 3.05) is 26.2 Å². The molecular weight excluding hydrogens is 398 g/mol. The number of carboxylic acid groups (broad SMARTS) is 1.